The molecule has 1 saturated heterocycles. The number of nitrogens with two attached hydrogens (primary N) is 2. The number of ether oxygens (including phenoxy) is 1. The van der Waals surface area contributed by atoms with E-state index in [1.54, 1.807) is 0 Å². The van der Waals surface area contributed by atoms with E-state index in [0.717, 1.165) is 65.3 Å². The molecule has 0 atom stereocenters. The lowest BCUT2D eigenvalue weighted by Crippen LogP contribution is -2.38. The fourth-order valence-electron chi connectivity index (χ4n) is 4.44. The van der Waals surface area contributed by atoms with Crippen molar-refractivity contribution in [2.75, 3.05) is 18.0 Å². The number of carbonyl (C=O) groups excluding carboxylic acids is 1. The molecule has 4 N–H and O–H groups in total. The molecule has 0 unspecified atom stereocenters. The van der Waals surface area contributed by atoms with Gasteiger partial charge in [0.1, 0.15) is 5.84 Å². The number of hydrazone groups is 1. The SMILES string of the molecule is Cc1nc(C)c(-c2ccc(/C(N)=N/N)cc2)c(N2CCC(C)(C)CC2)c1CC(=O)OC(C)C. The van der Waals surface area contributed by atoms with Crippen molar-refractivity contribution in [3.63, 3.8) is 0 Å². The predicted octanol–water partition coefficient (Wildman–Crippen LogP) is 4.06. The van der Waals surface area contributed by atoms with Crippen LogP contribution in [0.3, 0.4) is 0 Å². The molecule has 1 aliphatic rings. The minimum absolute atomic E-state index is 0.155. The van der Waals surface area contributed by atoms with Crippen molar-refractivity contribution >= 4 is 17.5 Å². The molecule has 1 fully saturated rings. The van der Waals surface area contributed by atoms with Crippen LogP contribution in [0.25, 0.3) is 11.1 Å². The van der Waals surface area contributed by atoms with Crippen LogP contribution < -0.4 is 16.5 Å². The number of anilines is 1. The second-order valence-corrected chi connectivity index (χ2v) is 9.94. The van der Waals surface area contributed by atoms with E-state index in [9.17, 15) is 4.79 Å². The Morgan fingerprint density at radius 1 is 1.15 bits per heavy atom. The summed E-state index contributed by atoms with van der Waals surface area (Å²) in [4.78, 5) is 19.9. The molecular formula is C26H37N5O2. The molecule has 178 valence electrons. The number of hydrogen-bond acceptors (Lipinski definition) is 6. The number of rotatable bonds is 6. The Balaban J connectivity index is 2.15. The zero-order valence-corrected chi connectivity index (χ0v) is 20.7. The Morgan fingerprint density at radius 2 is 1.76 bits per heavy atom. The van der Waals surface area contributed by atoms with E-state index < -0.39 is 0 Å². The average Bonchev–Trinajstić information content (AvgIpc) is 2.74. The van der Waals surface area contributed by atoms with Crippen LogP contribution in [-0.4, -0.2) is 36.0 Å². The van der Waals surface area contributed by atoms with Crippen molar-refractivity contribution in [2.24, 2.45) is 22.1 Å². The summed E-state index contributed by atoms with van der Waals surface area (Å²) in [6, 6.07) is 7.85. The molecule has 0 radical (unpaired) electrons. The number of carbonyl (C=O) groups is 1. The van der Waals surface area contributed by atoms with E-state index in [2.05, 4.69) is 23.8 Å². The number of esters is 1. The smallest absolute Gasteiger partial charge is 0.310 e. The number of nitrogens with zero attached hydrogens (tertiary/aromatic N) is 3. The molecule has 0 aliphatic carbocycles. The van der Waals surface area contributed by atoms with Gasteiger partial charge in [0.2, 0.25) is 0 Å². The minimum atomic E-state index is -0.231. The summed E-state index contributed by atoms with van der Waals surface area (Å²) in [5, 5.41) is 3.59. The summed E-state index contributed by atoms with van der Waals surface area (Å²) in [5.74, 6) is 5.40. The number of aryl methyl sites for hydroxylation is 2. The second-order valence-electron chi connectivity index (χ2n) is 9.94. The van der Waals surface area contributed by atoms with Crippen molar-refractivity contribution in [1.29, 1.82) is 0 Å². The molecule has 2 heterocycles. The van der Waals surface area contributed by atoms with Gasteiger partial charge in [-0.2, -0.15) is 5.10 Å². The molecule has 7 nitrogen and oxygen atoms in total. The normalized spacial score (nSPS) is 16.2. The highest BCUT2D eigenvalue weighted by atomic mass is 16.5. The lowest BCUT2D eigenvalue weighted by Gasteiger charge is -2.40. The molecule has 1 aromatic heterocycles. The van der Waals surface area contributed by atoms with Crippen LogP contribution in [-0.2, 0) is 16.0 Å². The maximum atomic E-state index is 12.7. The number of amidine groups is 1. The topological polar surface area (TPSA) is 107 Å². The van der Waals surface area contributed by atoms with Crippen LogP contribution in [0.15, 0.2) is 29.4 Å². The fourth-order valence-corrected chi connectivity index (χ4v) is 4.44. The first kappa shape index (κ1) is 24.6. The Labute approximate surface area is 197 Å². The van der Waals surface area contributed by atoms with Gasteiger partial charge in [-0.25, -0.2) is 0 Å². The predicted molar refractivity (Wildman–Crippen MR) is 134 cm³/mol. The van der Waals surface area contributed by atoms with E-state index in [4.69, 9.17) is 21.3 Å². The Bertz CT molecular complexity index is 1030. The highest BCUT2D eigenvalue weighted by Gasteiger charge is 2.30. The molecule has 1 aliphatic heterocycles. The van der Waals surface area contributed by atoms with Gasteiger partial charge in [0.15, 0.2) is 0 Å². The standard InChI is InChI=1S/C26H37N5O2/c1-16(2)33-22(32)15-21-17(3)29-18(4)23(19-7-9-20(10-8-19)25(27)30-28)24(21)31-13-11-26(5,6)12-14-31/h7-10,16H,11-15,28H2,1-6H3,(H2,27,30). The monoisotopic (exact) mass is 451 g/mol. The summed E-state index contributed by atoms with van der Waals surface area (Å²) in [5.41, 5.74) is 12.8. The zero-order chi connectivity index (χ0) is 24.3. The Hall–Kier alpha value is -3.09. The number of hydrogen-bond donors (Lipinski definition) is 2. The summed E-state index contributed by atoms with van der Waals surface area (Å²) in [6.45, 7) is 14.2. The first-order valence-electron chi connectivity index (χ1n) is 11.6. The third-order valence-corrected chi connectivity index (χ3v) is 6.39. The molecule has 2 aromatic rings. The highest BCUT2D eigenvalue weighted by Crippen LogP contribution is 2.41. The molecule has 0 saturated carbocycles. The van der Waals surface area contributed by atoms with Gasteiger partial charge in [0.25, 0.3) is 0 Å². The Kier molecular flexibility index (Phi) is 7.30. The van der Waals surface area contributed by atoms with Gasteiger partial charge in [0, 0.05) is 41.2 Å². The average molecular weight is 452 g/mol. The van der Waals surface area contributed by atoms with E-state index in [0.29, 0.717) is 5.41 Å². The summed E-state index contributed by atoms with van der Waals surface area (Å²) in [6.07, 6.45) is 2.22. The summed E-state index contributed by atoms with van der Waals surface area (Å²) in [7, 11) is 0. The van der Waals surface area contributed by atoms with Gasteiger partial charge in [0.05, 0.1) is 18.2 Å². The van der Waals surface area contributed by atoms with Gasteiger partial charge in [-0.15, -0.1) is 0 Å². The van der Waals surface area contributed by atoms with Crippen molar-refractivity contribution in [3.8, 4) is 11.1 Å². The van der Waals surface area contributed by atoms with E-state index in [-0.39, 0.29) is 24.3 Å². The third-order valence-electron chi connectivity index (χ3n) is 6.39. The van der Waals surface area contributed by atoms with Crippen molar-refractivity contribution in [1.82, 2.24) is 4.98 Å². The van der Waals surface area contributed by atoms with Crippen LogP contribution in [0.2, 0.25) is 0 Å². The highest BCUT2D eigenvalue weighted by molar-refractivity contribution is 5.98. The van der Waals surface area contributed by atoms with Crippen LogP contribution in [0, 0.1) is 19.3 Å². The fraction of sp³-hybridized carbons (Fsp3) is 0.500. The Morgan fingerprint density at radius 3 is 2.30 bits per heavy atom. The molecule has 0 spiro atoms. The maximum absolute atomic E-state index is 12.7. The summed E-state index contributed by atoms with van der Waals surface area (Å²) < 4.78 is 5.49. The third kappa shape index (κ3) is 5.64. The minimum Gasteiger partial charge on any atom is -0.463 e. The van der Waals surface area contributed by atoms with Crippen LogP contribution >= 0.6 is 0 Å². The van der Waals surface area contributed by atoms with Gasteiger partial charge in [-0.1, -0.05) is 38.1 Å². The number of piperidine rings is 1. The number of benzene rings is 1. The summed E-state index contributed by atoms with van der Waals surface area (Å²) >= 11 is 0. The molecule has 0 amide bonds. The van der Waals surface area contributed by atoms with Gasteiger partial charge >= 0.3 is 5.97 Å². The molecular weight excluding hydrogens is 414 g/mol. The number of aromatic nitrogens is 1. The molecule has 7 heteroatoms. The van der Waals surface area contributed by atoms with Crippen LogP contribution in [0.5, 0.6) is 0 Å². The largest absolute Gasteiger partial charge is 0.463 e. The van der Waals surface area contributed by atoms with Crippen LogP contribution in [0.4, 0.5) is 5.69 Å². The number of pyridine rings is 1. The van der Waals surface area contributed by atoms with E-state index >= 15 is 0 Å². The van der Waals surface area contributed by atoms with E-state index in [1.165, 1.54) is 0 Å². The lowest BCUT2D eigenvalue weighted by molar-refractivity contribution is -0.146. The molecule has 33 heavy (non-hydrogen) atoms. The van der Waals surface area contributed by atoms with Gasteiger partial charge in [-0.05, 0) is 51.5 Å². The first-order valence-corrected chi connectivity index (χ1v) is 11.6. The molecule has 3 rings (SSSR count). The first-order chi connectivity index (χ1) is 15.5. The van der Waals surface area contributed by atoms with Crippen molar-refractivity contribution in [3.05, 3.63) is 46.8 Å². The second kappa shape index (κ2) is 9.81. The van der Waals surface area contributed by atoms with Gasteiger partial charge in [-0.3, -0.25) is 9.78 Å². The van der Waals surface area contributed by atoms with Crippen LogP contribution in [0.1, 0.15) is 63.1 Å². The molecule has 0 bridgehead atoms. The molecule has 1 aromatic carbocycles. The van der Waals surface area contributed by atoms with E-state index in [1.807, 2.05) is 52.0 Å². The van der Waals surface area contributed by atoms with Crippen molar-refractivity contribution < 1.29 is 9.53 Å². The maximum Gasteiger partial charge on any atom is 0.310 e. The van der Waals surface area contributed by atoms with Gasteiger partial charge < -0.3 is 21.2 Å². The zero-order valence-electron chi connectivity index (χ0n) is 20.7. The van der Waals surface area contributed by atoms with Crippen molar-refractivity contribution in [2.45, 2.75) is 66.9 Å². The lowest BCUT2D eigenvalue weighted by atomic mass is 9.82. The quantitative estimate of drug-likeness (QED) is 0.225.